The molecule has 13 radical (unpaired) electrons. The molecule has 0 atom stereocenters. The Labute approximate surface area is 189 Å². The van der Waals surface area contributed by atoms with Crippen molar-refractivity contribution in [1.82, 2.24) is 0 Å². The Morgan fingerprint density at radius 1 is 0.519 bits per heavy atom. The van der Waals surface area contributed by atoms with Gasteiger partial charge in [-0.2, -0.15) is 0 Å². The molecule has 0 bridgehead atoms. The zero-order valence-electron chi connectivity index (χ0n) is 17.0. The Kier molecular flexibility index (Phi) is 15.4. The van der Waals surface area contributed by atoms with Gasteiger partial charge in [0.05, 0.1) is 0 Å². The molecule has 137 valence electrons. The van der Waals surface area contributed by atoms with Gasteiger partial charge in [-0.05, 0) is 81.0 Å². The molecule has 0 spiro atoms. The Hall–Kier alpha value is -0.337. The largest absolute Gasteiger partial charge is 0.366 e. The van der Waals surface area contributed by atoms with Crippen molar-refractivity contribution in [3.05, 3.63) is 123 Å². The third-order valence-electron chi connectivity index (χ3n) is 4.62. The van der Waals surface area contributed by atoms with Crippen LogP contribution in [-0.4, -0.2) is 0 Å². The molecule has 0 amide bonds. The predicted molar refractivity (Wildman–Crippen MR) is 112 cm³/mol. The van der Waals surface area contributed by atoms with Gasteiger partial charge in [-0.3, -0.25) is 5.92 Å². The van der Waals surface area contributed by atoms with Gasteiger partial charge in [0, 0.05) is 26.2 Å². The van der Waals surface area contributed by atoms with Crippen LogP contribution in [0.1, 0.15) is 40.2 Å². The molecular formula is C26H28Zr-. The maximum atomic E-state index is 6.69. The minimum absolute atomic E-state index is 0. The molecule has 1 aromatic carbocycles. The van der Waals surface area contributed by atoms with Gasteiger partial charge >= 0.3 is 0 Å². The standard InChI is InChI=1S/C10H15.C8H5.C8H8.Zr/c1-6-7(2)9(4)10(5)8(6)3;1-2-8-6-4-3-5-7-8;1-2-4-6-8-7-5-3-1;/h1-5H3;3-7H;1-8H;/q;-1;;. The third-order valence-corrected chi connectivity index (χ3v) is 4.62. The first kappa shape index (κ1) is 26.7. The van der Waals surface area contributed by atoms with E-state index in [9.17, 15) is 0 Å². The Morgan fingerprint density at radius 2 is 0.778 bits per heavy atom. The van der Waals surface area contributed by atoms with Crippen LogP contribution in [0.4, 0.5) is 0 Å². The summed E-state index contributed by atoms with van der Waals surface area (Å²) < 4.78 is 0. The van der Waals surface area contributed by atoms with Gasteiger partial charge in [-0.1, -0.05) is 52.8 Å². The first-order chi connectivity index (χ1) is 12.5. The van der Waals surface area contributed by atoms with Crippen LogP contribution in [0.2, 0.25) is 0 Å². The average Bonchev–Trinajstić information content (AvgIpc) is 2.81. The molecule has 0 aromatic heterocycles. The van der Waals surface area contributed by atoms with Gasteiger partial charge < -0.3 is 6.42 Å². The van der Waals surface area contributed by atoms with Gasteiger partial charge in [0.25, 0.3) is 0 Å². The summed E-state index contributed by atoms with van der Waals surface area (Å²) in [5.74, 6) is 9.61. The van der Waals surface area contributed by atoms with E-state index in [0.29, 0.717) is 0 Å². The Bertz CT molecular complexity index is 432. The van der Waals surface area contributed by atoms with E-state index in [1.165, 1.54) is 29.6 Å². The number of rotatable bonds is 0. The maximum absolute atomic E-state index is 6.69. The second kappa shape index (κ2) is 15.6. The van der Waals surface area contributed by atoms with Crippen LogP contribution in [-0.2, 0) is 26.2 Å². The number of hydrogen-bond donors (Lipinski definition) is 0. The van der Waals surface area contributed by atoms with Crippen LogP contribution >= 0.6 is 0 Å². The molecule has 2 fully saturated rings. The van der Waals surface area contributed by atoms with Crippen molar-refractivity contribution >= 4 is 0 Å². The summed E-state index contributed by atoms with van der Waals surface area (Å²) >= 11 is 0. The zero-order valence-corrected chi connectivity index (χ0v) is 19.5. The maximum Gasteiger partial charge on any atom is 0 e. The van der Waals surface area contributed by atoms with Gasteiger partial charge in [-0.15, -0.1) is 17.7 Å². The number of hydrogen-bond acceptors (Lipinski definition) is 0. The van der Waals surface area contributed by atoms with E-state index in [0.717, 1.165) is 5.56 Å². The molecule has 27 heavy (non-hydrogen) atoms. The molecule has 0 nitrogen and oxygen atoms in total. The Balaban J connectivity index is 0.000000372. The van der Waals surface area contributed by atoms with Crippen molar-refractivity contribution in [2.75, 3.05) is 0 Å². The molecule has 3 rings (SSSR count). The average molecular weight is 432 g/mol. The molecule has 0 heterocycles. The Morgan fingerprint density at radius 3 is 0.963 bits per heavy atom. The minimum atomic E-state index is 0. The fourth-order valence-electron chi connectivity index (χ4n) is 2.44. The fraction of sp³-hybridized carbons (Fsp3) is 0.192. The summed E-state index contributed by atoms with van der Waals surface area (Å²) in [5.41, 5.74) is 0.826. The van der Waals surface area contributed by atoms with Crippen LogP contribution in [0.15, 0.2) is 30.3 Å². The van der Waals surface area contributed by atoms with Crippen LogP contribution in [0.25, 0.3) is 0 Å². The first-order valence-electron chi connectivity index (χ1n) is 8.83. The quantitative estimate of drug-likeness (QED) is 0.337. The van der Waals surface area contributed by atoms with Crippen LogP contribution in [0, 0.1) is 93.3 Å². The van der Waals surface area contributed by atoms with E-state index in [2.05, 4.69) is 40.5 Å². The molecule has 0 saturated heterocycles. The minimum Gasteiger partial charge on any atom is -0.366 e. The number of benzene rings is 1. The third kappa shape index (κ3) is 10.1. The van der Waals surface area contributed by atoms with Gasteiger partial charge in [0.1, 0.15) is 0 Å². The van der Waals surface area contributed by atoms with E-state index in [1.54, 1.807) is 0 Å². The van der Waals surface area contributed by atoms with E-state index in [4.69, 9.17) is 6.42 Å². The monoisotopic (exact) mass is 430 g/mol. The summed E-state index contributed by atoms with van der Waals surface area (Å²) in [4.78, 5) is 0. The van der Waals surface area contributed by atoms with Crippen molar-refractivity contribution in [1.29, 1.82) is 0 Å². The normalized spacial score (nSPS) is 20.0. The van der Waals surface area contributed by atoms with E-state index < -0.39 is 0 Å². The van der Waals surface area contributed by atoms with Gasteiger partial charge in [-0.25, -0.2) is 0 Å². The van der Waals surface area contributed by atoms with Gasteiger partial charge in [0.2, 0.25) is 0 Å². The molecule has 1 aromatic rings. The van der Waals surface area contributed by atoms with Crippen LogP contribution in [0.3, 0.4) is 0 Å². The predicted octanol–water partition coefficient (Wildman–Crippen LogP) is 6.23. The van der Waals surface area contributed by atoms with E-state index in [-0.39, 0.29) is 26.2 Å². The van der Waals surface area contributed by atoms with Crippen molar-refractivity contribution in [3.8, 4) is 5.92 Å². The fourth-order valence-corrected chi connectivity index (χ4v) is 2.44. The van der Waals surface area contributed by atoms with Crippen molar-refractivity contribution in [2.45, 2.75) is 34.6 Å². The molecule has 2 aliphatic carbocycles. The summed E-state index contributed by atoms with van der Waals surface area (Å²) in [5, 5.41) is 0. The summed E-state index contributed by atoms with van der Waals surface area (Å²) in [6.07, 6.45) is 22.7. The summed E-state index contributed by atoms with van der Waals surface area (Å²) in [7, 11) is 0. The van der Waals surface area contributed by atoms with E-state index in [1.807, 2.05) is 81.7 Å². The molecule has 0 aliphatic heterocycles. The zero-order chi connectivity index (χ0) is 19.4. The second-order valence-electron chi connectivity index (χ2n) is 6.16. The second-order valence-corrected chi connectivity index (χ2v) is 6.16. The molecule has 2 aliphatic rings. The smallest absolute Gasteiger partial charge is 0 e. The molecule has 1 heteroatoms. The van der Waals surface area contributed by atoms with Crippen molar-refractivity contribution in [3.63, 3.8) is 0 Å². The molecular weight excluding hydrogens is 404 g/mol. The van der Waals surface area contributed by atoms with Crippen LogP contribution in [0.5, 0.6) is 0 Å². The van der Waals surface area contributed by atoms with E-state index >= 15 is 0 Å². The summed E-state index contributed by atoms with van der Waals surface area (Å²) in [6.45, 7) is 11.0. The SMILES string of the molecule is C[C]1[C](C)[C](C)[C](C)[C]1C.[C-]#Cc1ccccc1.[CH]1[CH][CH][CH][CH][CH][CH][CH]1.[Zr]. The van der Waals surface area contributed by atoms with Crippen molar-refractivity contribution in [2.24, 2.45) is 0 Å². The first-order valence-corrected chi connectivity index (χ1v) is 8.83. The summed E-state index contributed by atoms with van der Waals surface area (Å²) in [6, 6.07) is 9.37. The molecule has 0 N–H and O–H groups in total. The molecule has 0 unspecified atom stereocenters. The molecule has 2 saturated carbocycles. The van der Waals surface area contributed by atoms with Crippen LogP contribution < -0.4 is 0 Å². The van der Waals surface area contributed by atoms with Crippen molar-refractivity contribution < 1.29 is 26.2 Å². The topological polar surface area (TPSA) is 0 Å². The van der Waals surface area contributed by atoms with Gasteiger partial charge in [0.15, 0.2) is 0 Å².